The van der Waals surface area contributed by atoms with E-state index in [2.05, 4.69) is 0 Å². The van der Waals surface area contributed by atoms with Crippen LogP contribution in [0.5, 0.6) is 0 Å². The standard InChI is InChI=1S/C16H18O3S2/c1-16(2,3)19-14(18)12(15-20-9-10-21-15)13(17)11-7-5-4-6-8-11/h4-8H,9-10H2,1-3H3. The second-order valence-corrected chi connectivity index (χ2v) is 8.03. The van der Waals surface area contributed by atoms with E-state index < -0.39 is 11.6 Å². The minimum atomic E-state index is -0.617. The Labute approximate surface area is 133 Å². The molecule has 1 heterocycles. The summed E-state index contributed by atoms with van der Waals surface area (Å²) in [7, 11) is 0. The second-order valence-electron chi connectivity index (χ2n) is 5.56. The lowest BCUT2D eigenvalue weighted by molar-refractivity contribution is -0.149. The Hall–Kier alpha value is -1.20. The lowest BCUT2D eigenvalue weighted by Gasteiger charge is -2.20. The Morgan fingerprint density at radius 3 is 2.14 bits per heavy atom. The molecule has 1 aliphatic rings. The molecule has 1 aromatic rings. The Kier molecular flexibility index (Phi) is 5.17. The van der Waals surface area contributed by atoms with Crippen molar-refractivity contribution in [2.45, 2.75) is 26.4 Å². The number of ketones is 1. The van der Waals surface area contributed by atoms with Gasteiger partial charge in [-0.25, -0.2) is 4.79 Å². The summed E-state index contributed by atoms with van der Waals surface area (Å²) in [4.78, 5) is 25.1. The number of esters is 1. The van der Waals surface area contributed by atoms with E-state index in [0.717, 1.165) is 15.7 Å². The minimum Gasteiger partial charge on any atom is -0.456 e. The van der Waals surface area contributed by atoms with Crippen molar-refractivity contribution in [3.63, 3.8) is 0 Å². The second kappa shape index (κ2) is 6.71. The number of hydrogen-bond acceptors (Lipinski definition) is 5. The van der Waals surface area contributed by atoms with Crippen molar-refractivity contribution < 1.29 is 14.3 Å². The number of Topliss-reactive ketones (excluding diaryl/α,β-unsaturated/α-hetero) is 1. The lowest BCUT2D eigenvalue weighted by Crippen LogP contribution is -2.27. The molecule has 0 aromatic heterocycles. The van der Waals surface area contributed by atoms with Crippen LogP contribution in [0.1, 0.15) is 31.1 Å². The number of thioether (sulfide) groups is 2. The number of rotatable bonds is 3. The van der Waals surface area contributed by atoms with E-state index in [1.54, 1.807) is 68.6 Å². The minimum absolute atomic E-state index is 0.170. The molecule has 1 aliphatic heterocycles. The third-order valence-electron chi connectivity index (χ3n) is 2.62. The molecule has 0 saturated carbocycles. The summed E-state index contributed by atoms with van der Waals surface area (Å²) in [5, 5.41) is 0. The molecule has 0 unspecified atom stereocenters. The molecular formula is C16H18O3S2. The zero-order valence-electron chi connectivity index (χ0n) is 12.3. The number of ether oxygens (including phenoxy) is 1. The molecule has 21 heavy (non-hydrogen) atoms. The highest BCUT2D eigenvalue weighted by molar-refractivity contribution is 8.25. The molecular weight excluding hydrogens is 304 g/mol. The summed E-state index contributed by atoms with van der Waals surface area (Å²) in [5.41, 5.74) is 0.0657. The van der Waals surface area contributed by atoms with Crippen molar-refractivity contribution in [3.8, 4) is 0 Å². The zero-order valence-corrected chi connectivity index (χ0v) is 14.0. The van der Waals surface area contributed by atoms with Crippen LogP contribution in [-0.2, 0) is 9.53 Å². The summed E-state index contributed by atoms with van der Waals surface area (Å²) in [6.45, 7) is 5.40. The van der Waals surface area contributed by atoms with E-state index in [1.807, 2.05) is 6.07 Å². The van der Waals surface area contributed by atoms with Gasteiger partial charge in [-0.2, -0.15) is 0 Å². The number of benzene rings is 1. The van der Waals surface area contributed by atoms with Gasteiger partial charge >= 0.3 is 5.97 Å². The van der Waals surface area contributed by atoms with Crippen LogP contribution in [0.2, 0.25) is 0 Å². The topological polar surface area (TPSA) is 43.4 Å². The van der Waals surface area contributed by atoms with Crippen LogP contribution in [0.3, 0.4) is 0 Å². The van der Waals surface area contributed by atoms with E-state index in [0.29, 0.717) is 5.56 Å². The van der Waals surface area contributed by atoms with Crippen LogP contribution in [-0.4, -0.2) is 28.9 Å². The molecule has 0 atom stereocenters. The Morgan fingerprint density at radius 2 is 1.62 bits per heavy atom. The largest absolute Gasteiger partial charge is 0.456 e. The Balaban J connectivity index is 2.36. The highest BCUT2D eigenvalue weighted by Crippen LogP contribution is 2.40. The first-order chi connectivity index (χ1) is 9.88. The van der Waals surface area contributed by atoms with E-state index >= 15 is 0 Å². The molecule has 1 saturated heterocycles. The van der Waals surface area contributed by atoms with Gasteiger partial charge in [-0.05, 0) is 20.8 Å². The summed E-state index contributed by atoms with van der Waals surface area (Å²) in [6, 6.07) is 8.87. The number of carbonyl (C=O) groups is 2. The summed E-state index contributed by atoms with van der Waals surface area (Å²) in [6.07, 6.45) is 0. The maximum absolute atomic E-state index is 12.7. The number of hydrogen-bond donors (Lipinski definition) is 0. The van der Waals surface area contributed by atoms with Crippen LogP contribution in [0.25, 0.3) is 0 Å². The average Bonchev–Trinajstić information content (AvgIpc) is 2.91. The van der Waals surface area contributed by atoms with Gasteiger partial charge in [0.2, 0.25) is 5.78 Å². The van der Waals surface area contributed by atoms with E-state index in [4.69, 9.17) is 4.74 Å². The fourth-order valence-electron chi connectivity index (χ4n) is 1.79. The quantitative estimate of drug-likeness (QED) is 0.278. The predicted octanol–water partition coefficient (Wildman–Crippen LogP) is 3.90. The molecule has 0 aliphatic carbocycles. The summed E-state index contributed by atoms with van der Waals surface area (Å²) >= 11 is 3.10. The van der Waals surface area contributed by atoms with Gasteiger partial charge in [-0.3, -0.25) is 4.79 Å². The van der Waals surface area contributed by atoms with Crippen molar-refractivity contribution >= 4 is 35.3 Å². The molecule has 3 nitrogen and oxygen atoms in total. The highest BCUT2D eigenvalue weighted by atomic mass is 32.2. The fourth-order valence-corrected chi connectivity index (χ4v) is 4.30. The summed E-state index contributed by atoms with van der Waals surface area (Å²) in [5.74, 6) is 1.03. The van der Waals surface area contributed by atoms with Gasteiger partial charge in [0, 0.05) is 17.1 Å². The van der Waals surface area contributed by atoms with E-state index in [1.165, 1.54) is 0 Å². The molecule has 2 rings (SSSR count). The summed E-state index contributed by atoms with van der Waals surface area (Å²) < 4.78 is 6.19. The van der Waals surface area contributed by atoms with Gasteiger partial charge in [0.1, 0.15) is 11.2 Å². The van der Waals surface area contributed by atoms with Gasteiger partial charge in [0.15, 0.2) is 0 Å². The van der Waals surface area contributed by atoms with Crippen LogP contribution < -0.4 is 0 Å². The maximum Gasteiger partial charge on any atom is 0.344 e. The average molecular weight is 322 g/mol. The molecule has 5 heteroatoms. The van der Waals surface area contributed by atoms with E-state index in [9.17, 15) is 9.59 Å². The zero-order chi connectivity index (χ0) is 15.5. The lowest BCUT2D eigenvalue weighted by atomic mass is 10.0. The molecule has 0 N–H and O–H groups in total. The number of carbonyl (C=O) groups excluding carboxylic acids is 2. The predicted molar refractivity (Wildman–Crippen MR) is 88.6 cm³/mol. The molecule has 0 bridgehead atoms. The smallest absolute Gasteiger partial charge is 0.344 e. The van der Waals surface area contributed by atoms with Gasteiger partial charge in [-0.15, -0.1) is 23.5 Å². The first kappa shape index (κ1) is 16.2. The van der Waals surface area contributed by atoms with Crippen LogP contribution >= 0.6 is 23.5 Å². The van der Waals surface area contributed by atoms with Gasteiger partial charge in [-0.1, -0.05) is 30.3 Å². The molecule has 0 amide bonds. The third-order valence-corrected chi connectivity index (χ3v) is 5.33. The van der Waals surface area contributed by atoms with Crippen LogP contribution in [0.15, 0.2) is 40.1 Å². The van der Waals surface area contributed by atoms with Gasteiger partial charge in [0.25, 0.3) is 0 Å². The highest BCUT2D eigenvalue weighted by Gasteiger charge is 2.30. The van der Waals surface area contributed by atoms with Crippen LogP contribution in [0.4, 0.5) is 0 Å². The Morgan fingerprint density at radius 1 is 1.05 bits per heavy atom. The molecule has 0 spiro atoms. The SMILES string of the molecule is CC(C)(C)OC(=O)C(C(=O)c1ccccc1)=C1SCCS1. The third kappa shape index (κ3) is 4.38. The van der Waals surface area contributed by atoms with Crippen molar-refractivity contribution in [1.82, 2.24) is 0 Å². The molecule has 0 radical (unpaired) electrons. The van der Waals surface area contributed by atoms with Gasteiger partial charge < -0.3 is 4.74 Å². The normalized spacial score (nSPS) is 14.9. The van der Waals surface area contributed by atoms with Crippen molar-refractivity contribution in [2.75, 3.05) is 11.5 Å². The van der Waals surface area contributed by atoms with Gasteiger partial charge in [0.05, 0.1) is 4.24 Å². The Bertz CT molecular complexity index is 563. The maximum atomic E-state index is 12.7. The monoisotopic (exact) mass is 322 g/mol. The van der Waals surface area contributed by atoms with Crippen molar-refractivity contribution in [1.29, 1.82) is 0 Å². The fraction of sp³-hybridized carbons (Fsp3) is 0.375. The molecule has 1 fully saturated rings. The first-order valence-corrected chi connectivity index (χ1v) is 8.68. The van der Waals surface area contributed by atoms with Crippen molar-refractivity contribution in [2.24, 2.45) is 0 Å². The molecule has 1 aromatic carbocycles. The van der Waals surface area contributed by atoms with Crippen molar-refractivity contribution in [3.05, 3.63) is 45.7 Å². The first-order valence-electron chi connectivity index (χ1n) is 6.71. The van der Waals surface area contributed by atoms with Crippen LogP contribution in [0, 0.1) is 0 Å². The van der Waals surface area contributed by atoms with E-state index in [-0.39, 0.29) is 11.4 Å². The molecule has 112 valence electrons.